The van der Waals surface area contributed by atoms with Crippen LogP contribution in [-0.4, -0.2) is 37.2 Å². The van der Waals surface area contributed by atoms with Crippen LogP contribution < -0.4 is 0 Å². The van der Waals surface area contributed by atoms with Crippen LogP contribution in [0, 0.1) is 11.8 Å². The lowest BCUT2D eigenvalue weighted by Gasteiger charge is -2.18. The van der Waals surface area contributed by atoms with Crippen LogP contribution in [-0.2, 0) is 28.6 Å². The van der Waals surface area contributed by atoms with Gasteiger partial charge in [-0.05, 0) is 31.1 Å². The van der Waals surface area contributed by atoms with Crippen LogP contribution in [0.15, 0.2) is 0 Å². The third-order valence-corrected chi connectivity index (χ3v) is 13.7. The first-order chi connectivity index (χ1) is 32.2. The molecule has 0 aromatic heterocycles. The summed E-state index contributed by atoms with van der Waals surface area (Å²) in [6.07, 6.45) is 56.6. The average Bonchev–Trinajstić information content (AvgIpc) is 3.29. The van der Waals surface area contributed by atoms with Crippen LogP contribution in [0.25, 0.3) is 0 Å². The van der Waals surface area contributed by atoms with E-state index in [1.54, 1.807) is 0 Å². The Balaban J connectivity index is 4.29. The summed E-state index contributed by atoms with van der Waals surface area (Å²) >= 11 is 0. The van der Waals surface area contributed by atoms with Crippen molar-refractivity contribution < 1.29 is 28.6 Å². The van der Waals surface area contributed by atoms with E-state index in [2.05, 4.69) is 34.6 Å². The molecule has 0 fully saturated rings. The van der Waals surface area contributed by atoms with Crippen LogP contribution >= 0.6 is 0 Å². The molecule has 392 valence electrons. The molecule has 0 aromatic carbocycles. The number of hydrogen-bond donors (Lipinski definition) is 0. The van der Waals surface area contributed by atoms with Crippen LogP contribution in [0.3, 0.4) is 0 Å². The Kier molecular flexibility index (Phi) is 51.5. The van der Waals surface area contributed by atoms with Crippen LogP contribution in [0.2, 0.25) is 0 Å². The maximum atomic E-state index is 12.9. The quantitative estimate of drug-likeness (QED) is 0.0343. The molecule has 0 N–H and O–H groups in total. The topological polar surface area (TPSA) is 78.9 Å². The third-order valence-electron chi connectivity index (χ3n) is 13.7. The highest BCUT2D eigenvalue weighted by Gasteiger charge is 2.19. The van der Waals surface area contributed by atoms with E-state index in [4.69, 9.17) is 14.2 Å². The molecule has 1 atom stereocenters. The number of carbonyl (C=O) groups is 3. The molecule has 0 aromatic rings. The highest BCUT2D eigenvalue weighted by molar-refractivity contribution is 5.71. The van der Waals surface area contributed by atoms with E-state index >= 15 is 0 Å². The van der Waals surface area contributed by atoms with E-state index in [9.17, 15) is 14.4 Å². The molecule has 6 heteroatoms. The molecule has 0 aliphatic heterocycles. The van der Waals surface area contributed by atoms with Gasteiger partial charge >= 0.3 is 17.9 Å². The number of rotatable bonds is 54. The lowest BCUT2D eigenvalue weighted by Crippen LogP contribution is -2.30. The Hall–Kier alpha value is -1.59. The minimum absolute atomic E-state index is 0.0623. The molecule has 0 rings (SSSR count). The molecule has 0 saturated carbocycles. The van der Waals surface area contributed by atoms with E-state index in [-0.39, 0.29) is 31.1 Å². The average molecular weight is 934 g/mol. The summed E-state index contributed by atoms with van der Waals surface area (Å²) in [5.41, 5.74) is 0. The normalized spacial score (nSPS) is 12.0. The number of esters is 3. The molecule has 66 heavy (non-hydrogen) atoms. The molecular formula is C60H116O6. The van der Waals surface area contributed by atoms with E-state index in [0.29, 0.717) is 19.3 Å². The predicted molar refractivity (Wildman–Crippen MR) is 284 cm³/mol. The van der Waals surface area contributed by atoms with Crippen LogP contribution in [0.5, 0.6) is 0 Å². The largest absolute Gasteiger partial charge is 0.462 e. The Bertz CT molecular complexity index is 1010. The number of ether oxygens (including phenoxy) is 3. The van der Waals surface area contributed by atoms with Gasteiger partial charge in [-0.3, -0.25) is 14.4 Å². The van der Waals surface area contributed by atoms with Crippen molar-refractivity contribution in [3.63, 3.8) is 0 Å². The van der Waals surface area contributed by atoms with Gasteiger partial charge in [-0.15, -0.1) is 0 Å². The molecule has 0 radical (unpaired) electrons. The van der Waals surface area contributed by atoms with Crippen molar-refractivity contribution >= 4 is 17.9 Å². The zero-order valence-corrected chi connectivity index (χ0v) is 45.3. The molecule has 0 bridgehead atoms. The Labute approximate surface area is 412 Å². The zero-order chi connectivity index (χ0) is 48.2. The monoisotopic (exact) mass is 933 g/mol. The summed E-state index contributed by atoms with van der Waals surface area (Å²) in [7, 11) is 0. The van der Waals surface area contributed by atoms with E-state index in [0.717, 1.165) is 69.6 Å². The molecule has 0 amide bonds. The second kappa shape index (κ2) is 52.8. The van der Waals surface area contributed by atoms with Crippen LogP contribution in [0.4, 0.5) is 0 Å². The standard InChI is InChI=1S/C60H116O6/c1-6-7-8-9-10-11-12-13-19-25-30-35-40-45-50-58(61)64-53-57(54-65-59(62)51-46-41-36-31-26-22-21-24-29-34-39-44-49-56(4)5)66-60(63)52-47-42-37-32-27-20-17-15-14-16-18-23-28-33-38-43-48-55(2)3/h55-57H,6-54H2,1-5H3/t57-/m1/s1. The summed E-state index contributed by atoms with van der Waals surface area (Å²) < 4.78 is 16.9. The van der Waals surface area contributed by atoms with Gasteiger partial charge in [0.25, 0.3) is 0 Å². The van der Waals surface area contributed by atoms with Crippen molar-refractivity contribution in [2.75, 3.05) is 13.2 Å². The van der Waals surface area contributed by atoms with Crippen molar-refractivity contribution in [1.82, 2.24) is 0 Å². The summed E-state index contributed by atoms with van der Waals surface area (Å²) in [5.74, 6) is 0.849. The first kappa shape index (κ1) is 64.4. The fourth-order valence-corrected chi connectivity index (χ4v) is 9.23. The Morgan fingerprint density at radius 2 is 0.500 bits per heavy atom. The van der Waals surface area contributed by atoms with Crippen molar-refractivity contribution in [3.8, 4) is 0 Å². The van der Waals surface area contributed by atoms with Gasteiger partial charge in [-0.2, -0.15) is 0 Å². The van der Waals surface area contributed by atoms with Gasteiger partial charge in [0, 0.05) is 19.3 Å². The van der Waals surface area contributed by atoms with Gasteiger partial charge in [0.2, 0.25) is 0 Å². The number of carbonyl (C=O) groups excluding carboxylic acids is 3. The van der Waals surface area contributed by atoms with Gasteiger partial charge in [0.15, 0.2) is 6.10 Å². The van der Waals surface area contributed by atoms with E-state index in [1.807, 2.05) is 0 Å². The maximum absolute atomic E-state index is 12.9. The Morgan fingerprint density at radius 3 is 0.742 bits per heavy atom. The first-order valence-corrected chi connectivity index (χ1v) is 29.7. The van der Waals surface area contributed by atoms with Gasteiger partial charge < -0.3 is 14.2 Å². The lowest BCUT2D eigenvalue weighted by atomic mass is 10.0. The number of hydrogen-bond acceptors (Lipinski definition) is 6. The second-order valence-electron chi connectivity index (χ2n) is 21.6. The van der Waals surface area contributed by atoms with Crippen molar-refractivity contribution in [2.45, 2.75) is 343 Å². The van der Waals surface area contributed by atoms with Gasteiger partial charge in [-0.1, -0.05) is 298 Å². The molecule has 0 heterocycles. The fraction of sp³-hybridized carbons (Fsp3) is 0.950. The minimum Gasteiger partial charge on any atom is -0.462 e. The summed E-state index contributed by atoms with van der Waals surface area (Å²) in [4.78, 5) is 38.2. The summed E-state index contributed by atoms with van der Waals surface area (Å²) in [5, 5.41) is 0. The molecular weight excluding hydrogens is 817 g/mol. The van der Waals surface area contributed by atoms with Crippen molar-refractivity contribution in [1.29, 1.82) is 0 Å². The second-order valence-corrected chi connectivity index (χ2v) is 21.6. The maximum Gasteiger partial charge on any atom is 0.306 e. The first-order valence-electron chi connectivity index (χ1n) is 29.7. The molecule has 0 spiro atoms. The predicted octanol–water partition coefficient (Wildman–Crippen LogP) is 19.7. The third kappa shape index (κ3) is 53.4. The molecule has 0 unspecified atom stereocenters. The van der Waals surface area contributed by atoms with Crippen molar-refractivity contribution in [3.05, 3.63) is 0 Å². The van der Waals surface area contributed by atoms with Gasteiger partial charge in [0.1, 0.15) is 13.2 Å². The van der Waals surface area contributed by atoms with Crippen LogP contribution in [0.1, 0.15) is 336 Å². The van der Waals surface area contributed by atoms with Gasteiger partial charge in [0.05, 0.1) is 0 Å². The smallest absolute Gasteiger partial charge is 0.306 e. The highest BCUT2D eigenvalue weighted by Crippen LogP contribution is 2.18. The summed E-state index contributed by atoms with van der Waals surface area (Å²) in [6, 6.07) is 0. The zero-order valence-electron chi connectivity index (χ0n) is 45.3. The van der Waals surface area contributed by atoms with Gasteiger partial charge in [-0.25, -0.2) is 0 Å². The molecule has 6 nitrogen and oxygen atoms in total. The highest BCUT2D eigenvalue weighted by atomic mass is 16.6. The summed E-state index contributed by atoms with van der Waals surface area (Å²) in [6.45, 7) is 11.4. The van der Waals surface area contributed by atoms with E-state index in [1.165, 1.54) is 225 Å². The number of unbranched alkanes of at least 4 members (excludes halogenated alkanes) is 39. The Morgan fingerprint density at radius 1 is 0.288 bits per heavy atom. The minimum atomic E-state index is -0.763. The fourth-order valence-electron chi connectivity index (χ4n) is 9.23. The SMILES string of the molecule is CCCCCCCCCCCCCCCCC(=O)OC[C@H](COC(=O)CCCCCCCCCCCCCCC(C)C)OC(=O)CCCCCCCCCCCCCCCCCCC(C)C. The lowest BCUT2D eigenvalue weighted by molar-refractivity contribution is -0.167. The molecule has 0 saturated heterocycles. The van der Waals surface area contributed by atoms with Crippen molar-refractivity contribution in [2.24, 2.45) is 11.8 Å². The molecule has 0 aliphatic carbocycles. The molecule has 0 aliphatic rings. The van der Waals surface area contributed by atoms with E-state index < -0.39 is 6.10 Å².